The number of benzene rings is 1. The van der Waals surface area contributed by atoms with Crippen LogP contribution in [-0.2, 0) is 9.53 Å². The molecule has 1 aromatic carbocycles. The van der Waals surface area contributed by atoms with Crippen LogP contribution in [0.2, 0.25) is 0 Å². The Kier molecular flexibility index (Phi) is 5.12. The van der Waals surface area contributed by atoms with Crippen LogP contribution in [0.5, 0.6) is 0 Å². The summed E-state index contributed by atoms with van der Waals surface area (Å²) in [6, 6.07) is 9.83. The Labute approximate surface area is 96.1 Å². The number of carbonyl (C=O) groups is 1. The van der Waals surface area contributed by atoms with Crippen LogP contribution in [0.4, 0.5) is 5.69 Å². The highest BCUT2D eigenvalue weighted by Crippen LogP contribution is 2.08. The van der Waals surface area contributed by atoms with Gasteiger partial charge < -0.3 is 10.1 Å². The molecule has 1 unspecified atom stereocenters. The molecule has 0 aliphatic heterocycles. The topological polar surface area (TPSA) is 38.3 Å². The first-order chi connectivity index (χ1) is 7.72. The number of nitrogens with one attached hydrogen (secondary N) is 1. The summed E-state index contributed by atoms with van der Waals surface area (Å²) in [5, 5.41) is 3.22. The van der Waals surface area contributed by atoms with Crippen LogP contribution in [0.3, 0.4) is 0 Å². The van der Waals surface area contributed by atoms with Gasteiger partial charge in [0.1, 0.15) is 6.61 Å². The molecule has 86 valence electrons. The van der Waals surface area contributed by atoms with Crippen molar-refractivity contribution in [3.63, 3.8) is 0 Å². The zero-order valence-electron chi connectivity index (χ0n) is 9.48. The molecule has 0 saturated heterocycles. The molecule has 0 spiro atoms. The average molecular weight is 219 g/mol. The number of esters is 1. The summed E-state index contributed by atoms with van der Waals surface area (Å²) in [6.45, 7) is 5.71. The van der Waals surface area contributed by atoms with Crippen LogP contribution in [0.25, 0.3) is 0 Å². The third-order valence-corrected chi connectivity index (χ3v) is 2.02. The van der Waals surface area contributed by atoms with Gasteiger partial charge in [-0.05, 0) is 19.1 Å². The summed E-state index contributed by atoms with van der Waals surface area (Å²) in [5.41, 5.74) is 1.01. The Balaban J connectivity index is 2.33. The number of hydrogen-bond donors (Lipinski definition) is 1. The Morgan fingerprint density at radius 2 is 2.19 bits per heavy atom. The highest BCUT2D eigenvalue weighted by molar-refractivity contribution is 5.70. The van der Waals surface area contributed by atoms with Crippen LogP contribution < -0.4 is 5.32 Å². The standard InChI is InChI=1S/C13H17NO2/c1-3-9-16-13(15)10-11(2)14-12-7-5-4-6-8-12/h3-8,11,14H,1,9-10H2,2H3. The van der Waals surface area contributed by atoms with E-state index in [1.165, 1.54) is 0 Å². The smallest absolute Gasteiger partial charge is 0.308 e. The van der Waals surface area contributed by atoms with Crippen LogP contribution in [0.15, 0.2) is 43.0 Å². The highest BCUT2D eigenvalue weighted by Gasteiger charge is 2.09. The number of anilines is 1. The molecule has 3 nitrogen and oxygen atoms in total. The Morgan fingerprint density at radius 1 is 1.50 bits per heavy atom. The Morgan fingerprint density at radius 3 is 2.81 bits per heavy atom. The van der Waals surface area contributed by atoms with Crippen molar-refractivity contribution in [2.75, 3.05) is 11.9 Å². The summed E-state index contributed by atoms with van der Waals surface area (Å²) in [7, 11) is 0. The van der Waals surface area contributed by atoms with E-state index in [-0.39, 0.29) is 18.6 Å². The maximum absolute atomic E-state index is 11.3. The molecule has 0 aliphatic carbocycles. The van der Waals surface area contributed by atoms with Gasteiger partial charge in [-0.3, -0.25) is 4.79 Å². The fourth-order valence-corrected chi connectivity index (χ4v) is 1.33. The molecule has 0 heterocycles. The minimum atomic E-state index is -0.212. The van der Waals surface area contributed by atoms with Crippen molar-refractivity contribution in [3.8, 4) is 0 Å². The molecule has 1 N–H and O–H groups in total. The minimum Gasteiger partial charge on any atom is -0.461 e. The van der Waals surface area contributed by atoms with E-state index < -0.39 is 0 Å². The first kappa shape index (κ1) is 12.3. The predicted molar refractivity (Wildman–Crippen MR) is 65.3 cm³/mol. The second-order valence-electron chi connectivity index (χ2n) is 3.59. The van der Waals surface area contributed by atoms with E-state index in [9.17, 15) is 4.79 Å². The largest absolute Gasteiger partial charge is 0.461 e. The summed E-state index contributed by atoms with van der Waals surface area (Å²) < 4.78 is 4.90. The molecule has 0 aliphatic rings. The second kappa shape index (κ2) is 6.67. The number of carbonyl (C=O) groups excluding carboxylic acids is 1. The maximum Gasteiger partial charge on any atom is 0.308 e. The quantitative estimate of drug-likeness (QED) is 0.590. The van der Waals surface area contributed by atoms with E-state index >= 15 is 0 Å². The van der Waals surface area contributed by atoms with Gasteiger partial charge in [0.05, 0.1) is 6.42 Å². The van der Waals surface area contributed by atoms with Crippen molar-refractivity contribution in [1.29, 1.82) is 0 Å². The molecule has 16 heavy (non-hydrogen) atoms. The van der Waals surface area contributed by atoms with Crippen LogP contribution >= 0.6 is 0 Å². The van der Waals surface area contributed by atoms with Gasteiger partial charge in [0.15, 0.2) is 0 Å². The molecule has 1 atom stereocenters. The van der Waals surface area contributed by atoms with Crippen molar-refractivity contribution in [3.05, 3.63) is 43.0 Å². The van der Waals surface area contributed by atoms with Crippen molar-refractivity contribution >= 4 is 11.7 Å². The molecular weight excluding hydrogens is 202 g/mol. The Bertz CT molecular complexity index is 335. The fraction of sp³-hybridized carbons (Fsp3) is 0.308. The second-order valence-corrected chi connectivity index (χ2v) is 3.59. The van der Waals surface area contributed by atoms with Gasteiger partial charge in [-0.1, -0.05) is 30.9 Å². The monoisotopic (exact) mass is 219 g/mol. The zero-order chi connectivity index (χ0) is 11.8. The van der Waals surface area contributed by atoms with Crippen molar-refractivity contribution < 1.29 is 9.53 Å². The number of rotatable bonds is 6. The van der Waals surface area contributed by atoms with Crippen molar-refractivity contribution in [2.24, 2.45) is 0 Å². The number of ether oxygens (including phenoxy) is 1. The molecule has 0 radical (unpaired) electrons. The van der Waals surface area contributed by atoms with Crippen molar-refractivity contribution in [2.45, 2.75) is 19.4 Å². The van der Waals surface area contributed by atoms with Crippen molar-refractivity contribution in [1.82, 2.24) is 0 Å². The van der Waals surface area contributed by atoms with Gasteiger partial charge in [-0.15, -0.1) is 0 Å². The van der Waals surface area contributed by atoms with E-state index in [4.69, 9.17) is 4.74 Å². The van der Waals surface area contributed by atoms with Gasteiger partial charge in [0.2, 0.25) is 0 Å². The molecule has 0 fully saturated rings. The lowest BCUT2D eigenvalue weighted by Crippen LogP contribution is -2.21. The van der Waals surface area contributed by atoms with Gasteiger partial charge in [0.25, 0.3) is 0 Å². The molecule has 3 heteroatoms. The summed E-state index contributed by atoms with van der Waals surface area (Å²) in [4.78, 5) is 11.3. The fourth-order valence-electron chi connectivity index (χ4n) is 1.33. The third kappa shape index (κ3) is 4.64. The van der Waals surface area contributed by atoms with Gasteiger partial charge in [0, 0.05) is 11.7 Å². The Hall–Kier alpha value is -1.77. The molecule has 0 saturated carbocycles. The maximum atomic E-state index is 11.3. The SMILES string of the molecule is C=CCOC(=O)CC(C)Nc1ccccc1. The lowest BCUT2D eigenvalue weighted by atomic mass is 10.2. The normalized spacial score (nSPS) is 11.6. The molecular formula is C13H17NO2. The van der Waals surface area contributed by atoms with Crippen LogP contribution in [-0.4, -0.2) is 18.6 Å². The van der Waals surface area contributed by atoms with E-state index in [2.05, 4.69) is 11.9 Å². The molecule has 1 rings (SSSR count). The minimum absolute atomic E-state index is 0.0553. The van der Waals surface area contributed by atoms with E-state index in [1.807, 2.05) is 37.3 Å². The van der Waals surface area contributed by atoms with Gasteiger partial charge >= 0.3 is 5.97 Å². The summed E-state index contributed by atoms with van der Waals surface area (Å²) >= 11 is 0. The first-order valence-corrected chi connectivity index (χ1v) is 5.30. The van der Waals surface area contributed by atoms with E-state index in [0.29, 0.717) is 6.42 Å². The molecule has 1 aromatic rings. The zero-order valence-corrected chi connectivity index (χ0v) is 9.48. The molecule has 0 amide bonds. The van der Waals surface area contributed by atoms with Gasteiger partial charge in [-0.2, -0.15) is 0 Å². The van der Waals surface area contributed by atoms with Crippen LogP contribution in [0.1, 0.15) is 13.3 Å². The number of hydrogen-bond acceptors (Lipinski definition) is 3. The molecule has 0 bridgehead atoms. The highest BCUT2D eigenvalue weighted by atomic mass is 16.5. The van der Waals surface area contributed by atoms with Gasteiger partial charge in [-0.25, -0.2) is 0 Å². The lowest BCUT2D eigenvalue weighted by molar-refractivity contribution is -0.142. The number of para-hydroxylation sites is 1. The van der Waals surface area contributed by atoms with E-state index in [1.54, 1.807) is 6.08 Å². The summed E-state index contributed by atoms with van der Waals surface area (Å²) in [5.74, 6) is -0.212. The molecule has 0 aromatic heterocycles. The third-order valence-electron chi connectivity index (χ3n) is 2.02. The predicted octanol–water partition coefficient (Wildman–Crippen LogP) is 2.61. The first-order valence-electron chi connectivity index (χ1n) is 5.30. The summed E-state index contributed by atoms with van der Waals surface area (Å²) in [6.07, 6.45) is 1.91. The lowest BCUT2D eigenvalue weighted by Gasteiger charge is -2.14. The van der Waals surface area contributed by atoms with Crippen LogP contribution in [0, 0.1) is 0 Å². The average Bonchev–Trinajstić information content (AvgIpc) is 2.27. The van der Waals surface area contributed by atoms with E-state index in [0.717, 1.165) is 5.69 Å².